The third-order valence-electron chi connectivity index (χ3n) is 4.73. The summed E-state index contributed by atoms with van der Waals surface area (Å²) in [6, 6.07) is 7.33. The number of halogens is 1. The summed E-state index contributed by atoms with van der Waals surface area (Å²) in [6.07, 6.45) is 3.15. The van der Waals surface area contributed by atoms with E-state index in [-0.39, 0.29) is 24.9 Å². The van der Waals surface area contributed by atoms with E-state index in [0.717, 1.165) is 16.5 Å². The number of amides is 1. The van der Waals surface area contributed by atoms with E-state index in [2.05, 4.69) is 4.98 Å². The number of carbonyl (C=O) groups is 1. The van der Waals surface area contributed by atoms with E-state index in [1.807, 2.05) is 30.5 Å². The number of fused-ring (bicyclic) bond motifs is 1. The first-order chi connectivity index (χ1) is 11.0. The van der Waals surface area contributed by atoms with Crippen molar-refractivity contribution in [3.63, 3.8) is 0 Å². The molecule has 0 saturated carbocycles. The molecule has 1 aromatic heterocycles. The summed E-state index contributed by atoms with van der Waals surface area (Å²) >= 11 is 0. The first kappa shape index (κ1) is 18.7. The van der Waals surface area contributed by atoms with Crippen LogP contribution in [0.2, 0.25) is 0 Å². The van der Waals surface area contributed by atoms with Gasteiger partial charge in [0.2, 0.25) is 5.91 Å². The number of likely N-dealkylation sites (tertiary alicyclic amines) is 1. The number of nitrogens with one attached hydrogen (secondary N) is 1. The standard InChI is InChI=1S/C17H23N3O3.ClH/c18-14(9-12-10-19-15-4-2-1-3-13(12)15)16(22)20-7-5-17(23,11-21)6-8-20;/h1-4,10,14,19,21,23H,5-9,11,18H2;1H/t14-;/m0./s1. The molecule has 2 heterocycles. The number of nitrogens with zero attached hydrogens (tertiary/aromatic N) is 1. The molecule has 6 nitrogen and oxygen atoms in total. The van der Waals surface area contributed by atoms with Gasteiger partial charge in [-0.15, -0.1) is 12.4 Å². The van der Waals surface area contributed by atoms with Crippen LogP contribution in [0.5, 0.6) is 0 Å². The second-order valence-corrected chi connectivity index (χ2v) is 6.38. The van der Waals surface area contributed by atoms with Crippen molar-refractivity contribution in [2.24, 2.45) is 5.73 Å². The first-order valence-corrected chi connectivity index (χ1v) is 7.95. The lowest BCUT2D eigenvalue weighted by Crippen LogP contribution is -2.53. The molecule has 0 unspecified atom stereocenters. The number of aromatic amines is 1. The molecule has 3 rings (SSSR count). The molecule has 24 heavy (non-hydrogen) atoms. The van der Waals surface area contributed by atoms with E-state index < -0.39 is 11.6 Å². The SMILES string of the molecule is Cl.N[C@@H](Cc1c[nH]c2ccccc12)C(=O)N1CCC(O)(CO)CC1. The Bertz CT molecular complexity index is 695. The number of hydrogen-bond acceptors (Lipinski definition) is 4. The minimum absolute atomic E-state index is 0. The van der Waals surface area contributed by atoms with Crippen LogP contribution < -0.4 is 5.73 Å². The maximum absolute atomic E-state index is 12.5. The zero-order valence-electron chi connectivity index (χ0n) is 13.4. The van der Waals surface area contributed by atoms with Crippen molar-refractivity contribution in [3.8, 4) is 0 Å². The van der Waals surface area contributed by atoms with Gasteiger partial charge in [0.15, 0.2) is 0 Å². The molecule has 0 spiro atoms. The van der Waals surface area contributed by atoms with Gasteiger partial charge in [-0.25, -0.2) is 0 Å². The Hall–Kier alpha value is -1.60. The molecule has 7 heteroatoms. The van der Waals surface area contributed by atoms with Crippen LogP contribution in [0.4, 0.5) is 0 Å². The van der Waals surface area contributed by atoms with Crippen LogP contribution in [0.3, 0.4) is 0 Å². The highest BCUT2D eigenvalue weighted by Crippen LogP contribution is 2.23. The van der Waals surface area contributed by atoms with Crippen LogP contribution in [0.15, 0.2) is 30.5 Å². The number of para-hydroxylation sites is 1. The number of H-pyrrole nitrogens is 1. The quantitative estimate of drug-likeness (QED) is 0.653. The predicted octanol–water partition coefficient (Wildman–Crippen LogP) is 0.805. The van der Waals surface area contributed by atoms with Gasteiger partial charge in [-0.3, -0.25) is 4.79 Å². The van der Waals surface area contributed by atoms with Gasteiger partial charge >= 0.3 is 0 Å². The molecular formula is C17H24ClN3O3. The van der Waals surface area contributed by atoms with Crippen molar-refractivity contribution >= 4 is 29.2 Å². The summed E-state index contributed by atoms with van der Waals surface area (Å²) in [6.45, 7) is 0.589. The number of benzene rings is 1. The van der Waals surface area contributed by atoms with Crippen LogP contribution in [0.1, 0.15) is 18.4 Å². The summed E-state index contributed by atoms with van der Waals surface area (Å²) in [5.74, 6) is -0.102. The van der Waals surface area contributed by atoms with E-state index in [1.54, 1.807) is 4.90 Å². The van der Waals surface area contributed by atoms with Gasteiger partial charge in [-0.2, -0.15) is 0 Å². The van der Waals surface area contributed by atoms with Crippen molar-refractivity contribution in [1.82, 2.24) is 9.88 Å². The van der Waals surface area contributed by atoms with Crippen LogP contribution in [-0.4, -0.2) is 57.3 Å². The van der Waals surface area contributed by atoms with Gasteiger partial charge in [-0.1, -0.05) is 18.2 Å². The maximum atomic E-state index is 12.5. The first-order valence-electron chi connectivity index (χ1n) is 7.95. The number of rotatable bonds is 4. The van der Waals surface area contributed by atoms with E-state index in [1.165, 1.54) is 0 Å². The Morgan fingerprint density at radius 3 is 2.67 bits per heavy atom. The molecule has 132 valence electrons. The smallest absolute Gasteiger partial charge is 0.239 e. The normalized spacial score (nSPS) is 18.2. The van der Waals surface area contributed by atoms with Crippen LogP contribution in [-0.2, 0) is 11.2 Å². The minimum Gasteiger partial charge on any atom is -0.393 e. The second-order valence-electron chi connectivity index (χ2n) is 6.38. The fourth-order valence-corrected chi connectivity index (χ4v) is 3.16. The molecule has 2 aromatic rings. The third-order valence-corrected chi connectivity index (χ3v) is 4.73. The molecular weight excluding hydrogens is 330 g/mol. The van der Waals surface area contributed by atoms with E-state index in [4.69, 9.17) is 5.73 Å². The van der Waals surface area contributed by atoms with Crippen molar-refractivity contribution in [1.29, 1.82) is 0 Å². The average molecular weight is 354 g/mol. The molecule has 0 bridgehead atoms. The zero-order valence-corrected chi connectivity index (χ0v) is 14.3. The maximum Gasteiger partial charge on any atom is 0.239 e. The molecule has 1 fully saturated rings. The van der Waals surface area contributed by atoms with Gasteiger partial charge in [0, 0.05) is 30.2 Å². The number of carbonyl (C=O) groups excluding carboxylic acids is 1. The van der Waals surface area contributed by atoms with Crippen molar-refractivity contribution in [2.45, 2.75) is 30.9 Å². The molecule has 1 amide bonds. The summed E-state index contributed by atoms with van der Waals surface area (Å²) in [4.78, 5) is 17.4. The van der Waals surface area contributed by atoms with Crippen molar-refractivity contribution < 1.29 is 15.0 Å². The van der Waals surface area contributed by atoms with Crippen LogP contribution in [0.25, 0.3) is 10.9 Å². The lowest BCUT2D eigenvalue weighted by Gasteiger charge is -2.37. The topological polar surface area (TPSA) is 103 Å². The number of hydrogen-bond donors (Lipinski definition) is 4. The van der Waals surface area contributed by atoms with Crippen molar-refractivity contribution in [2.75, 3.05) is 19.7 Å². The van der Waals surface area contributed by atoms with E-state index >= 15 is 0 Å². The van der Waals surface area contributed by atoms with Gasteiger partial charge in [-0.05, 0) is 30.9 Å². The Morgan fingerprint density at radius 2 is 2.00 bits per heavy atom. The van der Waals surface area contributed by atoms with Gasteiger partial charge in [0.1, 0.15) is 0 Å². The lowest BCUT2D eigenvalue weighted by molar-refractivity contribution is -0.138. The number of aliphatic hydroxyl groups excluding tert-OH is 1. The zero-order chi connectivity index (χ0) is 16.4. The molecule has 1 aliphatic heterocycles. The predicted molar refractivity (Wildman–Crippen MR) is 95.1 cm³/mol. The Morgan fingerprint density at radius 1 is 1.33 bits per heavy atom. The fraction of sp³-hybridized carbons (Fsp3) is 0.471. The average Bonchev–Trinajstić information content (AvgIpc) is 2.98. The highest BCUT2D eigenvalue weighted by Gasteiger charge is 2.34. The third kappa shape index (κ3) is 3.72. The summed E-state index contributed by atoms with van der Waals surface area (Å²) in [5, 5.41) is 20.3. The summed E-state index contributed by atoms with van der Waals surface area (Å²) in [5.41, 5.74) is 7.12. The Kier molecular flexibility index (Phi) is 5.87. The van der Waals surface area contributed by atoms with Crippen LogP contribution >= 0.6 is 12.4 Å². The summed E-state index contributed by atoms with van der Waals surface area (Å²) < 4.78 is 0. The number of aromatic nitrogens is 1. The molecule has 1 saturated heterocycles. The van der Waals surface area contributed by atoms with E-state index in [9.17, 15) is 15.0 Å². The molecule has 0 aliphatic carbocycles. The lowest BCUT2D eigenvalue weighted by atomic mass is 9.92. The van der Waals surface area contributed by atoms with Crippen molar-refractivity contribution in [3.05, 3.63) is 36.0 Å². The number of aliphatic hydroxyl groups is 2. The monoisotopic (exact) mass is 353 g/mol. The number of piperidine rings is 1. The van der Waals surface area contributed by atoms with Gasteiger partial charge in [0.05, 0.1) is 18.2 Å². The van der Waals surface area contributed by atoms with Crippen LogP contribution in [0, 0.1) is 0 Å². The highest BCUT2D eigenvalue weighted by molar-refractivity contribution is 5.86. The van der Waals surface area contributed by atoms with E-state index in [0.29, 0.717) is 32.4 Å². The van der Waals surface area contributed by atoms with Gasteiger partial charge < -0.3 is 25.8 Å². The minimum atomic E-state index is -1.06. The Balaban J connectivity index is 0.00000208. The molecule has 1 atom stereocenters. The second kappa shape index (κ2) is 7.53. The summed E-state index contributed by atoms with van der Waals surface area (Å²) in [7, 11) is 0. The highest BCUT2D eigenvalue weighted by atomic mass is 35.5. The van der Waals surface area contributed by atoms with Gasteiger partial charge in [0.25, 0.3) is 0 Å². The molecule has 0 radical (unpaired) electrons. The number of nitrogens with two attached hydrogens (primary N) is 1. The largest absolute Gasteiger partial charge is 0.393 e. The fourth-order valence-electron chi connectivity index (χ4n) is 3.16. The Labute approximate surface area is 147 Å². The molecule has 1 aromatic carbocycles. The molecule has 5 N–H and O–H groups in total. The molecule has 1 aliphatic rings.